The van der Waals surface area contributed by atoms with Gasteiger partial charge in [0, 0.05) is 19.2 Å². The Morgan fingerprint density at radius 1 is 1.10 bits per heavy atom. The first-order valence-corrected chi connectivity index (χ1v) is 6.41. The van der Waals surface area contributed by atoms with Gasteiger partial charge in [-0.25, -0.2) is 8.78 Å². The molecular weight excluding hydrogens is 276 g/mol. The molecule has 0 aromatic heterocycles. The first-order chi connectivity index (χ1) is 10.1. The zero-order valence-corrected chi connectivity index (χ0v) is 11.5. The van der Waals surface area contributed by atoms with Crippen molar-refractivity contribution < 1.29 is 18.3 Å². The van der Waals surface area contributed by atoms with Gasteiger partial charge in [-0.3, -0.25) is 4.79 Å². The quantitative estimate of drug-likeness (QED) is 0.919. The monoisotopic (exact) mass is 291 g/mol. The topological polar surface area (TPSA) is 38.3 Å². The van der Waals surface area contributed by atoms with Gasteiger partial charge in [-0.15, -0.1) is 0 Å². The Kier molecular flexibility index (Phi) is 5.00. The maximum atomic E-state index is 13.1. The van der Waals surface area contributed by atoms with Gasteiger partial charge in [0.2, 0.25) is 0 Å². The molecule has 2 aromatic rings. The van der Waals surface area contributed by atoms with Crippen LogP contribution in [0.4, 0.5) is 8.78 Å². The van der Waals surface area contributed by atoms with Crippen LogP contribution in [0.15, 0.2) is 42.5 Å². The summed E-state index contributed by atoms with van der Waals surface area (Å²) in [5, 5.41) is 2.68. The minimum atomic E-state index is -1.04. The van der Waals surface area contributed by atoms with E-state index in [1.54, 1.807) is 7.11 Å². The average Bonchev–Trinajstić information content (AvgIpc) is 2.49. The molecule has 5 heteroatoms. The Bertz CT molecular complexity index is 644. The van der Waals surface area contributed by atoms with Gasteiger partial charge in [-0.1, -0.05) is 24.3 Å². The minimum absolute atomic E-state index is 0.0816. The molecule has 0 aliphatic heterocycles. The van der Waals surface area contributed by atoms with Crippen LogP contribution in [-0.4, -0.2) is 13.0 Å². The van der Waals surface area contributed by atoms with Crippen molar-refractivity contribution in [2.75, 3.05) is 7.11 Å². The molecule has 0 aliphatic carbocycles. The summed E-state index contributed by atoms with van der Waals surface area (Å²) in [5.74, 6) is -2.47. The van der Waals surface area contributed by atoms with E-state index in [4.69, 9.17) is 4.74 Å². The van der Waals surface area contributed by atoms with Crippen molar-refractivity contribution in [3.63, 3.8) is 0 Å². The number of hydrogen-bond donors (Lipinski definition) is 1. The summed E-state index contributed by atoms with van der Waals surface area (Å²) in [7, 11) is 1.59. The van der Waals surface area contributed by atoms with Crippen molar-refractivity contribution in [2.45, 2.75) is 13.2 Å². The van der Waals surface area contributed by atoms with Crippen molar-refractivity contribution in [2.24, 2.45) is 0 Å². The van der Waals surface area contributed by atoms with Gasteiger partial charge in [0.1, 0.15) is 0 Å². The summed E-state index contributed by atoms with van der Waals surface area (Å²) < 4.78 is 31.0. The number of amides is 1. The second-order valence-corrected chi connectivity index (χ2v) is 4.51. The van der Waals surface area contributed by atoms with E-state index < -0.39 is 17.5 Å². The van der Waals surface area contributed by atoms with E-state index in [0.717, 1.165) is 23.3 Å². The van der Waals surface area contributed by atoms with E-state index in [-0.39, 0.29) is 12.1 Å². The van der Waals surface area contributed by atoms with Crippen LogP contribution >= 0.6 is 0 Å². The van der Waals surface area contributed by atoms with Crippen LogP contribution in [0.3, 0.4) is 0 Å². The molecule has 0 heterocycles. The van der Waals surface area contributed by atoms with Crippen LogP contribution in [-0.2, 0) is 17.9 Å². The molecule has 0 radical (unpaired) electrons. The summed E-state index contributed by atoms with van der Waals surface area (Å²) in [6.07, 6.45) is 0. The summed E-state index contributed by atoms with van der Waals surface area (Å²) in [4.78, 5) is 11.9. The molecule has 0 bridgehead atoms. The number of nitrogens with one attached hydrogen (secondary N) is 1. The molecule has 3 nitrogen and oxygen atoms in total. The predicted octanol–water partition coefficient (Wildman–Crippen LogP) is 3.04. The first kappa shape index (κ1) is 15.1. The maximum absolute atomic E-state index is 13.1. The van der Waals surface area contributed by atoms with Crippen molar-refractivity contribution in [1.82, 2.24) is 5.32 Å². The highest BCUT2D eigenvalue weighted by molar-refractivity contribution is 5.94. The number of ether oxygens (including phenoxy) is 1. The Labute approximate surface area is 121 Å². The molecule has 2 aromatic carbocycles. The third kappa shape index (κ3) is 3.86. The fraction of sp³-hybridized carbons (Fsp3) is 0.188. The molecule has 1 N–H and O–H groups in total. The summed E-state index contributed by atoms with van der Waals surface area (Å²) in [5.41, 5.74) is 1.96. The summed E-state index contributed by atoms with van der Waals surface area (Å²) >= 11 is 0. The van der Waals surface area contributed by atoms with E-state index in [2.05, 4.69) is 5.32 Å². The summed E-state index contributed by atoms with van der Waals surface area (Å²) in [6.45, 7) is 0.731. The fourth-order valence-corrected chi connectivity index (χ4v) is 1.94. The molecule has 0 saturated heterocycles. The van der Waals surface area contributed by atoms with Crippen molar-refractivity contribution in [3.8, 4) is 0 Å². The molecule has 0 atom stereocenters. The lowest BCUT2D eigenvalue weighted by atomic mass is 10.1. The van der Waals surface area contributed by atoms with E-state index >= 15 is 0 Å². The van der Waals surface area contributed by atoms with E-state index in [1.165, 1.54) is 6.07 Å². The van der Waals surface area contributed by atoms with Gasteiger partial charge >= 0.3 is 0 Å². The van der Waals surface area contributed by atoms with Gasteiger partial charge < -0.3 is 10.1 Å². The molecule has 0 spiro atoms. The number of hydrogen-bond acceptors (Lipinski definition) is 2. The van der Waals surface area contributed by atoms with Gasteiger partial charge in [0.05, 0.1) is 6.61 Å². The smallest absolute Gasteiger partial charge is 0.251 e. The molecular formula is C16H15F2NO2. The van der Waals surface area contributed by atoms with Gasteiger partial charge in [-0.2, -0.15) is 0 Å². The van der Waals surface area contributed by atoms with Crippen LogP contribution in [0.25, 0.3) is 0 Å². The third-order valence-electron chi connectivity index (χ3n) is 3.04. The van der Waals surface area contributed by atoms with Crippen LogP contribution in [0.1, 0.15) is 21.5 Å². The molecule has 0 aliphatic rings. The van der Waals surface area contributed by atoms with E-state index in [1.807, 2.05) is 24.3 Å². The Morgan fingerprint density at radius 2 is 1.81 bits per heavy atom. The standard InChI is InChI=1S/C16H15F2NO2/c1-21-10-13-5-3-2-4-12(13)9-19-16(20)11-6-7-14(17)15(18)8-11/h2-8H,9-10H2,1H3,(H,19,20). The highest BCUT2D eigenvalue weighted by Gasteiger charge is 2.10. The average molecular weight is 291 g/mol. The minimum Gasteiger partial charge on any atom is -0.380 e. The van der Waals surface area contributed by atoms with Gasteiger partial charge in [0.25, 0.3) is 5.91 Å². The molecule has 21 heavy (non-hydrogen) atoms. The fourth-order valence-electron chi connectivity index (χ4n) is 1.94. The maximum Gasteiger partial charge on any atom is 0.251 e. The Hall–Kier alpha value is -2.27. The van der Waals surface area contributed by atoms with Crippen molar-refractivity contribution in [3.05, 3.63) is 70.8 Å². The zero-order valence-electron chi connectivity index (χ0n) is 11.5. The number of methoxy groups -OCH3 is 1. The Balaban J connectivity index is 2.05. The van der Waals surface area contributed by atoms with Crippen molar-refractivity contribution in [1.29, 1.82) is 0 Å². The van der Waals surface area contributed by atoms with E-state index in [9.17, 15) is 13.6 Å². The van der Waals surface area contributed by atoms with Crippen LogP contribution < -0.4 is 5.32 Å². The number of halogens is 2. The SMILES string of the molecule is COCc1ccccc1CNC(=O)c1ccc(F)c(F)c1. The van der Waals surface area contributed by atoms with Crippen LogP contribution in [0, 0.1) is 11.6 Å². The van der Waals surface area contributed by atoms with Crippen LogP contribution in [0.2, 0.25) is 0 Å². The third-order valence-corrected chi connectivity index (χ3v) is 3.04. The number of carbonyl (C=O) groups excluding carboxylic acids is 1. The Morgan fingerprint density at radius 3 is 2.48 bits per heavy atom. The van der Waals surface area contributed by atoms with Crippen LogP contribution in [0.5, 0.6) is 0 Å². The summed E-state index contributed by atoms with van der Waals surface area (Å²) in [6, 6.07) is 10.6. The first-order valence-electron chi connectivity index (χ1n) is 6.41. The lowest BCUT2D eigenvalue weighted by Gasteiger charge is -2.10. The normalized spacial score (nSPS) is 10.4. The predicted molar refractivity (Wildman–Crippen MR) is 74.7 cm³/mol. The molecule has 1 amide bonds. The molecule has 0 unspecified atom stereocenters. The lowest BCUT2D eigenvalue weighted by molar-refractivity contribution is 0.0950. The van der Waals surface area contributed by atoms with E-state index in [0.29, 0.717) is 6.61 Å². The zero-order chi connectivity index (χ0) is 15.2. The van der Waals surface area contributed by atoms with Gasteiger partial charge in [0.15, 0.2) is 11.6 Å². The number of benzene rings is 2. The molecule has 110 valence electrons. The van der Waals surface area contributed by atoms with Crippen molar-refractivity contribution >= 4 is 5.91 Å². The molecule has 0 saturated carbocycles. The second-order valence-electron chi connectivity index (χ2n) is 4.51. The lowest BCUT2D eigenvalue weighted by Crippen LogP contribution is -2.23. The largest absolute Gasteiger partial charge is 0.380 e. The molecule has 0 fully saturated rings. The number of rotatable bonds is 5. The van der Waals surface area contributed by atoms with Gasteiger partial charge in [-0.05, 0) is 29.3 Å². The molecule has 2 rings (SSSR count). The second kappa shape index (κ2) is 6.95. The highest BCUT2D eigenvalue weighted by atomic mass is 19.2. The highest BCUT2D eigenvalue weighted by Crippen LogP contribution is 2.11. The number of carbonyl (C=O) groups is 1.